The molecule has 1 N–H and O–H groups in total. The van der Waals surface area contributed by atoms with Gasteiger partial charge < -0.3 is 10.2 Å². The van der Waals surface area contributed by atoms with Gasteiger partial charge in [0.25, 0.3) is 0 Å². The number of piperidine rings is 1. The van der Waals surface area contributed by atoms with E-state index in [4.69, 9.17) is 0 Å². The molecule has 0 aromatic heterocycles. The van der Waals surface area contributed by atoms with Crippen LogP contribution < -0.4 is 5.32 Å². The maximum atomic E-state index is 3.50. The van der Waals surface area contributed by atoms with Gasteiger partial charge in [0.05, 0.1) is 0 Å². The van der Waals surface area contributed by atoms with Crippen LogP contribution >= 0.6 is 0 Å². The first-order chi connectivity index (χ1) is 5.21. The maximum absolute atomic E-state index is 3.50. The summed E-state index contributed by atoms with van der Waals surface area (Å²) in [5.74, 6) is 0.943. The van der Waals surface area contributed by atoms with E-state index in [-0.39, 0.29) is 0 Å². The van der Waals surface area contributed by atoms with Crippen molar-refractivity contribution in [3.05, 3.63) is 0 Å². The topological polar surface area (TPSA) is 15.3 Å². The predicted molar refractivity (Wildman–Crippen MR) is 46.6 cm³/mol. The molecule has 2 heteroatoms. The third-order valence-electron chi connectivity index (χ3n) is 3.40. The molecule has 2 nitrogen and oxygen atoms in total. The summed E-state index contributed by atoms with van der Waals surface area (Å²) in [4.78, 5) is 2.46. The number of rotatable bonds is 0. The average Bonchev–Trinajstić information content (AvgIpc) is 2.28. The van der Waals surface area contributed by atoms with Crippen LogP contribution in [0.1, 0.15) is 13.3 Å². The minimum absolute atomic E-state index is 0.576. The molecule has 2 heterocycles. The number of fused-ring (bicyclic) bond motifs is 1. The molecule has 2 aliphatic rings. The molecule has 2 fully saturated rings. The maximum Gasteiger partial charge on any atom is 0.00476 e. The molecule has 2 aliphatic heterocycles. The van der Waals surface area contributed by atoms with E-state index in [2.05, 4.69) is 24.2 Å². The Morgan fingerprint density at radius 2 is 2.36 bits per heavy atom. The monoisotopic (exact) mass is 154 g/mol. The second-order valence-corrected chi connectivity index (χ2v) is 4.51. The molecular formula is C9H18N2. The Kier molecular flexibility index (Phi) is 1.69. The summed E-state index contributed by atoms with van der Waals surface area (Å²) in [5.41, 5.74) is 0.576. The highest BCUT2D eigenvalue weighted by Crippen LogP contribution is 2.37. The van der Waals surface area contributed by atoms with Gasteiger partial charge in [0.1, 0.15) is 0 Å². The van der Waals surface area contributed by atoms with Crippen LogP contribution in [-0.4, -0.2) is 38.1 Å². The second-order valence-electron chi connectivity index (χ2n) is 4.51. The lowest BCUT2D eigenvalue weighted by Crippen LogP contribution is -2.45. The van der Waals surface area contributed by atoms with Crippen LogP contribution in [0.4, 0.5) is 0 Å². The zero-order valence-corrected chi connectivity index (χ0v) is 7.56. The molecule has 0 amide bonds. The molecule has 0 aromatic rings. The molecule has 2 atom stereocenters. The Bertz CT molecular complexity index is 158. The van der Waals surface area contributed by atoms with E-state index in [0.717, 1.165) is 5.92 Å². The Morgan fingerprint density at radius 3 is 3.18 bits per heavy atom. The minimum atomic E-state index is 0.576. The van der Waals surface area contributed by atoms with Gasteiger partial charge in [-0.2, -0.15) is 0 Å². The summed E-state index contributed by atoms with van der Waals surface area (Å²) in [6.45, 7) is 7.48. The van der Waals surface area contributed by atoms with Crippen LogP contribution in [0.3, 0.4) is 0 Å². The van der Waals surface area contributed by atoms with E-state index >= 15 is 0 Å². The van der Waals surface area contributed by atoms with E-state index in [0.29, 0.717) is 5.41 Å². The summed E-state index contributed by atoms with van der Waals surface area (Å²) in [7, 11) is 2.24. The SMILES string of the molecule is CN1CCC2CNCC2(C)C1. The zero-order valence-electron chi connectivity index (χ0n) is 7.56. The fourth-order valence-electron chi connectivity index (χ4n) is 2.63. The van der Waals surface area contributed by atoms with Gasteiger partial charge in [-0.3, -0.25) is 0 Å². The number of nitrogens with one attached hydrogen (secondary N) is 1. The molecule has 64 valence electrons. The molecule has 2 rings (SSSR count). The van der Waals surface area contributed by atoms with Crippen LogP contribution in [-0.2, 0) is 0 Å². The lowest BCUT2D eigenvalue weighted by Gasteiger charge is -2.40. The van der Waals surface area contributed by atoms with Crippen LogP contribution in [0.5, 0.6) is 0 Å². The Morgan fingerprint density at radius 1 is 1.55 bits per heavy atom. The van der Waals surface area contributed by atoms with Crippen molar-refractivity contribution in [1.29, 1.82) is 0 Å². The second kappa shape index (κ2) is 2.46. The van der Waals surface area contributed by atoms with Gasteiger partial charge in [0, 0.05) is 13.1 Å². The minimum Gasteiger partial charge on any atom is -0.316 e. The van der Waals surface area contributed by atoms with Crippen molar-refractivity contribution in [2.75, 3.05) is 33.2 Å². The highest BCUT2D eigenvalue weighted by Gasteiger charge is 2.41. The van der Waals surface area contributed by atoms with Crippen molar-refractivity contribution in [2.24, 2.45) is 11.3 Å². The lowest BCUT2D eigenvalue weighted by atomic mass is 9.75. The summed E-state index contributed by atoms with van der Waals surface area (Å²) in [6, 6.07) is 0. The van der Waals surface area contributed by atoms with E-state index in [9.17, 15) is 0 Å². The molecule has 2 saturated heterocycles. The third kappa shape index (κ3) is 1.18. The summed E-state index contributed by atoms with van der Waals surface area (Å²) in [6.07, 6.45) is 1.39. The molecule has 11 heavy (non-hydrogen) atoms. The average molecular weight is 154 g/mol. The largest absolute Gasteiger partial charge is 0.316 e. The van der Waals surface area contributed by atoms with Gasteiger partial charge in [-0.25, -0.2) is 0 Å². The highest BCUT2D eigenvalue weighted by molar-refractivity contribution is 4.96. The molecule has 2 unspecified atom stereocenters. The highest BCUT2D eigenvalue weighted by atomic mass is 15.1. The van der Waals surface area contributed by atoms with Crippen molar-refractivity contribution < 1.29 is 0 Å². The number of likely N-dealkylation sites (tertiary alicyclic amines) is 1. The molecule has 0 spiro atoms. The van der Waals surface area contributed by atoms with Gasteiger partial charge in [-0.15, -0.1) is 0 Å². The van der Waals surface area contributed by atoms with Gasteiger partial charge in [-0.05, 0) is 37.9 Å². The van der Waals surface area contributed by atoms with E-state index < -0.39 is 0 Å². The van der Waals surface area contributed by atoms with E-state index in [1.165, 1.54) is 32.6 Å². The normalized spacial score (nSPS) is 45.8. The summed E-state index contributed by atoms with van der Waals surface area (Å²) >= 11 is 0. The van der Waals surface area contributed by atoms with Crippen molar-refractivity contribution >= 4 is 0 Å². The van der Waals surface area contributed by atoms with Crippen molar-refractivity contribution in [1.82, 2.24) is 10.2 Å². The standard InChI is InChI=1S/C9H18N2/c1-9-6-10-5-8(9)3-4-11(2)7-9/h8,10H,3-7H2,1-2H3. The van der Waals surface area contributed by atoms with Gasteiger partial charge in [-0.1, -0.05) is 6.92 Å². The van der Waals surface area contributed by atoms with Crippen LogP contribution in [0.15, 0.2) is 0 Å². The first-order valence-electron chi connectivity index (χ1n) is 4.60. The number of hydrogen-bond donors (Lipinski definition) is 1. The lowest BCUT2D eigenvalue weighted by molar-refractivity contribution is 0.0969. The molecule has 0 aliphatic carbocycles. The van der Waals surface area contributed by atoms with E-state index in [1.807, 2.05) is 0 Å². The fourth-order valence-corrected chi connectivity index (χ4v) is 2.63. The quantitative estimate of drug-likeness (QED) is 0.548. The predicted octanol–water partition coefficient (Wildman–Crippen LogP) is 0.548. The Hall–Kier alpha value is -0.0800. The molecular weight excluding hydrogens is 136 g/mol. The van der Waals surface area contributed by atoms with Gasteiger partial charge >= 0.3 is 0 Å². The van der Waals surface area contributed by atoms with Crippen molar-refractivity contribution in [3.63, 3.8) is 0 Å². The van der Waals surface area contributed by atoms with Crippen molar-refractivity contribution in [3.8, 4) is 0 Å². The van der Waals surface area contributed by atoms with Crippen LogP contribution in [0.2, 0.25) is 0 Å². The summed E-state index contributed by atoms with van der Waals surface area (Å²) in [5, 5.41) is 3.50. The first kappa shape index (κ1) is 7.56. The third-order valence-corrected chi connectivity index (χ3v) is 3.40. The molecule has 0 bridgehead atoms. The van der Waals surface area contributed by atoms with Crippen molar-refractivity contribution in [2.45, 2.75) is 13.3 Å². The summed E-state index contributed by atoms with van der Waals surface area (Å²) < 4.78 is 0. The molecule has 0 radical (unpaired) electrons. The zero-order chi connectivity index (χ0) is 7.90. The number of hydrogen-bond acceptors (Lipinski definition) is 2. The fraction of sp³-hybridized carbons (Fsp3) is 1.00. The van der Waals surface area contributed by atoms with Gasteiger partial charge in [0.15, 0.2) is 0 Å². The number of nitrogens with zero attached hydrogens (tertiary/aromatic N) is 1. The smallest absolute Gasteiger partial charge is 0.00476 e. The molecule has 0 aromatic carbocycles. The van der Waals surface area contributed by atoms with Gasteiger partial charge in [0.2, 0.25) is 0 Å². The Labute approximate surface area is 69.0 Å². The van der Waals surface area contributed by atoms with Crippen LogP contribution in [0.25, 0.3) is 0 Å². The Balaban J connectivity index is 2.10. The molecule has 0 saturated carbocycles. The van der Waals surface area contributed by atoms with E-state index in [1.54, 1.807) is 0 Å². The first-order valence-corrected chi connectivity index (χ1v) is 4.60. The van der Waals surface area contributed by atoms with Crippen LogP contribution in [0, 0.1) is 11.3 Å².